The third-order valence-electron chi connectivity index (χ3n) is 5.82. The van der Waals surface area contributed by atoms with Gasteiger partial charge in [-0.3, -0.25) is 4.79 Å². The molecule has 2 aromatic rings. The van der Waals surface area contributed by atoms with Gasteiger partial charge in [0.2, 0.25) is 10.0 Å². The SMILES string of the molecule is CCN(CC)S(=O)(=O)c1cc(C(=O)OCC(=O)Nc2ccc(N3CCCC3)cc2C)n(C)c1. The van der Waals surface area contributed by atoms with Gasteiger partial charge in [-0.15, -0.1) is 0 Å². The van der Waals surface area contributed by atoms with Crippen LogP contribution in [-0.2, 0) is 26.6 Å². The summed E-state index contributed by atoms with van der Waals surface area (Å²) in [5.74, 6) is -1.24. The summed E-state index contributed by atoms with van der Waals surface area (Å²) in [6.07, 6.45) is 3.75. The molecule has 1 amide bonds. The number of benzene rings is 1. The van der Waals surface area contributed by atoms with Gasteiger partial charge < -0.3 is 19.5 Å². The first-order chi connectivity index (χ1) is 15.7. The van der Waals surface area contributed by atoms with Crippen molar-refractivity contribution in [3.63, 3.8) is 0 Å². The number of nitrogens with one attached hydrogen (secondary N) is 1. The van der Waals surface area contributed by atoms with Gasteiger partial charge in [-0.2, -0.15) is 4.31 Å². The summed E-state index contributed by atoms with van der Waals surface area (Å²) in [5.41, 5.74) is 2.77. The molecule has 180 valence electrons. The van der Waals surface area contributed by atoms with E-state index in [-0.39, 0.29) is 10.6 Å². The van der Waals surface area contributed by atoms with Crippen LogP contribution >= 0.6 is 0 Å². The van der Waals surface area contributed by atoms with Crippen LogP contribution in [-0.4, -0.2) is 62.0 Å². The number of rotatable bonds is 9. The summed E-state index contributed by atoms with van der Waals surface area (Å²) in [7, 11) is -2.14. The van der Waals surface area contributed by atoms with Gasteiger partial charge >= 0.3 is 5.97 Å². The minimum absolute atomic E-state index is 0.0128. The maximum atomic E-state index is 12.7. The van der Waals surface area contributed by atoms with Crippen LogP contribution in [0.1, 0.15) is 42.7 Å². The molecule has 9 nitrogen and oxygen atoms in total. The van der Waals surface area contributed by atoms with E-state index in [1.165, 1.54) is 34.0 Å². The van der Waals surface area contributed by atoms with Crippen LogP contribution in [0.4, 0.5) is 11.4 Å². The number of aryl methyl sites for hydroxylation is 2. The molecule has 2 heterocycles. The average Bonchev–Trinajstić information content (AvgIpc) is 3.44. The van der Waals surface area contributed by atoms with E-state index in [1.807, 2.05) is 25.1 Å². The van der Waals surface area contributed by atoms with E-state index in [9.17, 15) is 18.0 Å². The summed E-state index contributed by atoms with van der Waals surface area (Å²) in [6.45, 7) is 7.67. The number of carbonyl (C=O) groups excluding carboxylic acids is 2. The minimum atomic E-state index is -3.70. The summed E-state index contributed by atoms with van der Waals surface area (Å²) >= 11 is 0. The van der Waals surface area contributed by atoms with Crippen molar-refractivity contribution in [3.8, 4) is 0 Å². The molecule has 0 saturated carbocycles. The van der Waals surface area contributed by atoms with Crippen LogP contribution in [0.2, 0.25) is 0 Å². The second kappa shape index (κ2) is 10.4. The lowest BCUT2D eigenvalue weighted by molar-refractivity contribution is -0.119. The maximum Gasteiger partial charge on any atom is 0.355 e. The Hall–Kier alpha value is -2.85. The highest BCUT2D eigenvalue weighted by atomic mass is 32.2. The van der Waals surface area contributed by atoms with E-state index in [1.54, 1.807) is 20.9 Å². The molecule has 1 saturated heterocycles. The molecule has 3 rings (SSSR count). The van der Waals surface area contributed by atoms with Crippen LogP contribution in [0.3, 0.4) is 0 Å². The lowest BCUT2D eigenvalue weighted by Gasteiger charge is -2.19. The Morgan fingerprint density at radius 2 is 1.79 bits per heavy atom. The number of sulfonamides is 1. The first-order valence-corrected chi connectivity index (χ1v) is 12.6. The van der Waals surface area contributed by atoms with E-state index in [0.717, 1.165) is 24.3 Å². The lowest BCUT2D eigenvalue weighted by Crippen LogP contribution is -2.30. The highest BCUT2D eigenvalue weighted by molar-refractivity contribution is 7.89. The standard InChI is InChI=1S/C23H32N4O5S/c1-5-27(6-2)33(30,31)19-14-21(25(4)15-19)23(29)32-16-22(28)24-20-10-9-18(13-17(20)3)26-11-7-8-12-26/h9-10,13-15H,5-8,11-12,16H2,1-4H3,(H,24,28). The van der Waals surface area contributed by atoms with E-state index in [2.05, 4.69) is 10.2 Å². The fourth-order valence-electron chi connectivity index (χ4n) is 3.94. The van der Waals surface area contributed by atoms with Crippen LogP contribution in [0.5, 0.6) is 0 Å². The second-order valence-corrected chi connectivity index (χ2v) is 10.0. The molecule has 10 heteroatoms. The van der Waals surface area contributed by atoms with Gasteiger partial charge in [-0.25, -0.2) is 13.2 Å². The van der Waals surface area contributed by atoms with Crippen molar-refractivity contribution < 1.29 is 22.7 Å². The molecule has 0 unspecified atom stereocenters. The summed E-state index contributed by atoms with van der Waals surface area (Å²) in [4.78, 5) is 27.2. The molecular weight excluding hydrogens is 444 g/mol. The monoisotopic (exact) mass is 476 g/mol. The summed E-state index contributed by atoms with van der Waals surface area (Å²) in [5, 5.41) is 2.77. The predicted molar refractivity (Wildman–Crippen MR) is 127 cm³/mol. The van der Waals surface area contributed by atoms with Crippen molar-refractivity contribution in [2.45, 2.75) is 38.5 Å². The summed E-state index contributed by atoms with van der Waals surface area (Å²) < 4.78 is 33.2. The quantitative estimate of drug-likeness (QED) is 0.559. The van der Waals surface area contributed by atoms with Crippen LogP contribution < -0.4 is 10.2 Å². The van der Waals surface area contributed by atoms with Gasteiger partial charge in [0.1, 0.15) is 10.6 Å². The topological polar surface area (TPSA) is 101 Å². The molecule has 0 radical (unpaired) electrons. The highest BCUT2D eigenvalue weighted by Gasteiger charge is 2.26. The average molecular weight is 477 g/mol. The smallest absolute Gasteiger partial charge is 0.355 e. The van der Waals surface area contributed by atoms with Crippen molar-refractivity contribution in [2.75, 3.05) is 43.0 Å². The molecule has 1 N–H and O–H groups in total. The van der Waals surface area contributed by atoms with Gasteiger partial charge in [-0.05, 0) is 49.6 Å². The van der Waals surface area contributed by atoms with Crippen LogP contribution in [0.25, 0.3) is 0 Å². The Bertz CT molecular complexity index is 1120. The van der Waals surface area contributed by atoms with Crippen molar-refractivity contribution in [1.29, 1.82) is 0 Å². The number of esters is 1. The first-order valence-electron chi connectivity index (χ1n) is 11.2. The third kappa shape index (κ3) is 5.56. The number of aromatic nitrogens is 1. The van der Waals surface area contributed by atoms with Gasteiger partial charge in [0.15, 0.2) is 6.61 Å². The van der Waals surface area contributed by atoms with Crippen molar-refractivity contribution in [3.05, 3.63) is 41.7 Å². The molecule has 1 aliphatic heterocycles. The molecule has 1 aromatic heterocycles. The fraction of sp³-hybridized carbons (Fsp3) is 0.478. The zero-order valence-electron chi connectivity index (χ0n) is 19.6. The molecule has 1 fully saturated rings. The third-order valence-corrected chi connectivity index (χ3v) is 7.84. The van der Waals surface area contributed by atoms with Crippen LogP contribution in [0.15, 0.2) is 35.4 Å². The minimum Gasteiger partial charge on any atom is -0.451 e. The number of carbonyl (C=O) groups is 2. The second-order valence-electron chi connectivity index (χ2n) is 8.08. The number of hydrogen-bond donors (Lipinski definition) is 1. The Morgan fingerprint density at radius 3 is 2.39 bits per heavy atom. The number of hydrogen-bond acceptors (Lipinski definition) is 6. The van der Waals surface area contributed by atoms with Gasteiger partial charge in [-0.1, -0.05) is 13.8 Å². The van der Waals surface area contributed by atoms with Gasteiger partial charge in [0, 0.05) is 50.8 Å². The first kappa shape index (κ1) is 24.8. The fourth-order valence-corrected chi connectivity index (χ4v) is 5.47. The zero-order chi connectivity index (χ0) is 24.2. The molecule has 1 aromatic carbocycles. The maximum absolute atomic E-state index is 12.7. The normalized spacial score (nSPS) is 14.0. The van der Waals surface area contributed by atoms with Crippen molar-refractivity contribution in [1.82, 2.24) is 8.87 Å². The Labute approximate surface area is 195 Å². The van der Waals surface area contributed by atoms with E-state index in [4.69, 9.17) is 4.74 Å². The Kier molecular flexibility index (Phi) is 7.80. The number of ether oxygens (including phenoxy) is 1. The Balaban J connectivity index is 1.61. The molecular formula is C23H32N4O5S. The van der Waals surface area contributed by atoms with Crippen molar-refractivity contribution in [2.24, 2.45) is 7.05 Å². The number of amides is 1. The molecule has 1 aliphatic rings. The largest absolute Gasteiger partial charge is 0.451 e. The predicted octanol–water partition coefficient (Wildman–Crippen LogP) is 2.76. The zero-order valence-corrected chi connectivity index (χ0v) is 20.4. The number of nitrogens with zero attached hydrogens (tertiary/aromatic N) is 3. The van der Waals surface area contributed by atoms with Gasteiger partial charge in [0.25, 0.3) is 5.91 Å². The van der Waals surface area contributed by atoms with E-state index >= 15 is 0 Å². The summed E-state index contributed by atoms with van der Waals surface area (Å²) in [6, 6.07) is 7.13. The van der Waals surface area contributed by atoms with E-state index in [0.29, 0.717) is 18.8 Å². The highest BCUT2D eigenvalue weighted by Crippen LogP contribution is 2.25. The van der Waals surface area contributed by atoms with Crippen molar-refractivity contribution >= 4 is 33.3 Å². The molecule has 0 aliphatic carbocycles. The molecule has 33 heavy (non-hydrogen) atoms. The molecule has 0 spiro atoms. The van der Waals surface area contributed by atoms with E-state index < -0.39 is 28.5 Å². The Morgan fingerprint density at radius 1 is 1.12 bits per heavy atom. The van der Waals surface area contributed by atoms with Crippen LogP contribution in [0, 0.1) is 6.92 Å². The van der Waals surface area contributed by atoms with Gasteiger partial charge in [0.05, 0.1) is 0 Å². The molecule has 0 atom stereocenters. The molecule has 0 bridgehead atoms. The number of anilines is 2. The lowest BCUT2D eigenvalue weighted by atomic mass is 10.1.